The summed E-state index contributed by atoms with van der Waals surface area (Å²) in [4.78, 5) is 12.0. The molecule has 1 saturated carbocycles. The van der Waals surface area contributed by atoms with Crippen LogP contribution in [0.15, 0.2) is 0 Å². The molecule has 0 bridgehead atoms. The molecule has 1 atom stereocenters. The van der Waals surface area contributed by atoms with Crippen LogP contribution >= 0.6 is 0 Å². The predicted molar refractivity (Wildman–Crippen MR) is 76.2 cm³/mol. The summed E-state index contributed by atoms with van der Waals surface area (Å²) in [5.41, 5.74) is 5.81. The molecule has 0 heterocycles. The van der Waals surface area contributed by atoms with Gasteiger partial charge in [0.05, 0.1) is 6.04 Å². The lowest BCUT2D eigenvalue weighted by Gasteiger charge is -2.33. The topological polar surface area (TPSA) is 55.1 Å². The number of rotatable bonds is 3. The molecule has 0 radical (unpaired) electrons. The van der Waals surface area contributed by atoms with E-state index >= 15 is 0 Å². The zero-order chi connectivity index (χ0) is 13.9. The Kier molecular flexibility index (Phi) is 5.20. The van der Waals surface area contributed by atoms with Crippen molar-refractivity contribution >= 4 is 5.91 Å². The van der Waals surface area contributed by atoms with E-state index in [9.17, 15) is 4.79 Å². The van der Waals surface area contributed by atoms with Gasteiger partial charge in [-0.15, -0.1) is 0 Å². The maximum atomic E-state index is 12.0. The third-order valence-electron chi connectivity index (χ3n) is 4.28. The van der Waals surface area contributed by atoms with E-state index in [1.54, 1.807) is 0 Å². The highest BCUT2D eigenvalue weighted by molar-refractivity contribution is 5.82. The average Bonchev–Trinajstić information content (AvgIpc) is 2.27. The molecule has 1 rings (SSSR count). The van der Waals surface area contributed by atoms with Gasteiger partial charge in [-0.2, -0.15) is 0 Å². The van der Waals surface area contributed by atoms with Crippen LogP contribution in [0.3, 0.4) is 0 Å². The molecule has 106 valence electrons. The molecular formula is C15H30N2O. The van der Waals surface area contributed by atoms with Gasteiger partial charge in [0.15, 0.2) is 0 Å². The molecule has 3 N–H and O–H groups in total. The summed E-state index contributed by atoms with van der Waals surface area (Å²) in [6, 6.07) is -0.0822. The van der Waals surface area contributed by atoms with E-state index in [0.717, 1.165) is 24.7 Å². The van der Waals surface area contributed by atoms with Crippen molar-refractivity contribution in [2.24, 2.45) is 23.0 Å². The van der Waals surface area contributed by atoms with E-state index in [0.29, 0.717) is 6.04 Å². The van der Waals surface area contributed by atoms with Gasteiger partial charge in [0.1, 0.15) is 0 Å². The van der Waals surface area contributed by atoms with Crippen molar-refractivity contribution in [2.45, 2.75) is 72.4 Å². The second-order valence-corrected chi connectivity index (χ2v) is 7.21. The van der Waals surface area contributed by atoms with Gasteiger partial charge < -0.3 is 11.1 Å². The maximum absolute atomic E-state index is 12.0. The molecule has 18 heavy (non-hydrogen) atoms. The van der Waals surface area contributed by atoms with Crippen molar-refractivity contribution in [3.63, 3.8) is 0 Å². The zero-order valence-corrected chi connectivity index (χ0v) is 12.6. The van der Waals surface area contributed by atoms with Gasteiger partial charge >= 0.3 is 0 Å². The number of hydrogen-bond donors (Lipinski definition) is 2. The molecule has 0 aliphatic heterocycles. The first-order chi connectivity index (χ1) is 8.21. The Morgan fingerprint density at radius 3 is 2.06 bits per heavy atom. The van der Waals surface area contributed by atoms with Crippen LogP contribution in [0, 0.1) is 17.3 Å². The summed E-state index contributed by atoms with van der Waals surface area (Å²) in [5, 5.41) is 3.12. The predicted octanol–water partition coefficient (Wildman–Crippen LogP) is 2.69. The molecule has 1 fully saturated rings. The zero-order valence-electron chi connectivity index (χ0n) is 12.6. The Morgan fingerprint density at radius 2 is 1.67 bits per heavy atom. The van der Waals surface area contributed by atoms with Crippen LogP contribution in [0.25, 0.3) is 0 Å². The van der Waals surface area contributed by atoms with Gasteiger partial charge in [-0.3, -0.25) is 4.79 Å². The lowest BCUT2D eigenvalue weighted by molar-refractivity contribution is -0.125. The Morgan fingerprint density at radius 1 is 1.17 bits per heavy atom. The molecular weight excluding hydrogens is 224 g/mol. The quantitative estimate of drug-likeness (QED) is 0.813. The third-order valence-corrected chi connectivity index (χ3v) is 4.28. The van der Waals surface area contributed by atoms with Crippen molar-refractivity contribution in [1.82, 2.24) is 5.32 Å². The minimum Gasteiger partial charge on any atom is -0.352 e. The highest BCUT2D eigenvalue weighted by Gasteiger charge is 2.30. The monoisotopic (exact) mass is 254 g/mol. The molecule has 3 nitrogen and oxygen atoms in total. The van der Waals surface area contributed by atoms with Gasteiger partial charge in [-0.1, -0.05) is 34.6 Å². The third kappa shape index (κ3) is 4.27. The number of carbonyl (C=O) groups excluding carboxylic acids is 1. The maximum Gasteiger partial charge on any atom is 0.237 e. The highest BCUT2D eigenvalue weighted by Crippen LogP contribution is 2.30. The van der Waals surface area contributed by atoms with Gasteiger partial charge in [-0.25, -0.2) is 0 Å². The molecule has 0 aromatic heterocycles. The van der Waals surface area contributed by atoms with Crippen molar-refractivity contribution in [2.75, 3.05) is 0 Å². The average molecular weight is 254 g/mol. The van der Waals surface area contributed by atoms with Gasteiger partial charge in [0.2, 0.25) is 5.91 Å². The lowest BCUT2D eigenvalue weighted by Crippen LogP contribution is -2.52. The molecule has 0 unspecified atom stereocenters. The van der Waals surface area contributed by atoms with E-state index < -0.39 is 6.04 Å². The van der Waals surface area contributed by atoms with Crippen molar-refractivity contribution < 1.29 is 4.79 Å². The number of carbonyl (C=O) groups is 1. The van der Waals surface area contributed by atoms with Crippen LogP contribution in [-0.2, 0) is 4.79 Å². The fraction of sp³-hybridized carbons (Fsp3) is 0.933. The summed E-state index contributed by atoms with van der Waals surface area (Å²) in [7, 11) is 0. The minimum absolute atomic E-state index is 0.00972. The Hall–Kier alpha value is -0.570. The van der Waals surface area contributed by atoms with Crippen LogP contribution < -0.4 is 11.1 Å². The van der Waals surface area contributed by atoms with E-state index in [2.05, 4.69) is 19.2 Å². The first kappa shape index (κ1) is 15.5. The number of hydrogen-bond acceptors (Lipinski definition) is 2. The molecule has 0 spiro atoms. The Labute approximate surface area is 112 Å². The molecule has 0 aromatic rings. The smallest absolute Gasteiger partial charge is 0.237 e. The van der Waals surface area contributed by atoms with Gasteiger partial charge in [0, 0.05) is 6.04 Å². The number of nitrogens with two attached hydrogens (primary N) is 1. The summed E-state index contributed by atoms with van der Waals surface area (Å²) < 4.78 is 0. The summed E-state index contributed by atoms with van der Waals surface area (Å²) in [5.74, 6) is 1.60. The molecule has 1 aliphatic carbocycles. The van der Waals surface area contributed by atoms with Crippen molar-refractivity contribution in [3.8, 4) is 0 Å². The normalized spacial score (nSPS) is 27.1. The van der Waals surface area contributed by atoms with Crippen molar-refractivity contribution in [3.05, 3.63) is 0 Å². The number of nitrogens with one attached hydrogen (secondary N) is 1. The molecule has 0 saturated heterocycles. The minimum atomic E-state index is -0.416. The van der Waals surface area contributed by atoms with Crippen LogP contribution in [0.5, 0.6) is 0 Å². The van der Waals surface area contributed by atoms with Gasteiger partial charge in [0.25, 0.3) is 0 Å². The second-order valence-electron chi connectivity index (χ2n) is 7.21. The van der Waals surface area contributed by atoms with Crippen LogP contribution in [0.4, 0.5) is 0 Å². The van der Waals surface area contributed by atoms with E-state index in [-0.39, 0.29) is 11.3 Å². The summed E-state index contributed by atoms with van der Waals surface area (Å²) in [6.07, 6.45) is 4.66. The molecule has 1 aliphatic rings. The first-order valence-electron chi connectivity index (χ1n) is 7.27. The fourth-order valence-electron chi connectivity index (χ4n) is 2.61. The first-order valence-corrected chi connectivity index (χ1v) is 7.27. The Bertz CT molecular complexity index is 273. The Balaban J connectivity index is 2.39. The van der Waals surface area contributed by atoms with E-state index in [1.165, 1.54) is 12.8 Å². The van der Waals surface area contributed by atoms with Crippen molar-refractivity contribution in [1.29, 1.82) is 0 Å². The van der Waals surface area contributed by atoms with Crippen LogP contribution in [-0.4, -0.2) is 18.0 Å². The standard InChI is InChI=1S/C15H30N2O/c1-10(2)11-6-8-12(9-7-11)17-14(18)13(16)15(3,4)5/h10-13H,6-9,16H2,1-5H3,(H,17,18)/t11?,12?,13-/m1/s1. The second kappa shape index (κ2) is 6.05. The highest BCUT2D eigenvalue weighted by atomic mass is 16.2. The molecule has 3 heteroatoms. The summed E-state index contributed by atoms with van der Waals surface area (Å²) >= 11 is 0. The number of amides is 1. The molecule has 1 amide bonds. The van der Waals surface area contributed by atoms with Crippen LogP contribution in [0.1, 0.15) is 60.3 Å². The fourth-order valence-corrected chi connectivity index (χ4v) is 2.61. The largest absolute Gasteiger partial charge is 0.352 e. The lowest BCUT2D eigenvalue weighted by atomic mass is 9.79. The summed E-state index contributed by atoms with van der Waals surface area (Å²) in [6.45, 7) is 10.6. The molecule has 0 aromatic carbocycles. The van der Waals surface area contributed by atoms with Crippen LogP contribution in [0.2, 0.25) is 0 Å². The van der Waals surface area contributed by atoms with Gasteiger partial charge in [-0.05, 0) is 42.9 Å². The van der Waals surface area contributed by atoms with E-state index in [1.807, 2.05) is 20.8 Å². The SMILES string of the molecule is CC(C)C1CCC(NC(=O)[C@@H](N)C(C)(C)C)CC1. The van der Waals surface area contributed by atoms with E-state index in [4.69, 9.17) is 5.73 Å².